The van der Waals surface area contributed by atoms with Crippen molar-refractivity contribution in [2.24, 2.45) is 0 Å². The van der Waals surface area contributed by atoms with E-state index in [1.807, 2.05) is 0 Å². The summed E-state index contributed by atoms with van der Waals surface area (Å²) in [5.74, 6) is -0.733. The van der Waals surface area contributed by atoms with Gasteiger partial charge in [-0.2, -0.15) is 0 Å². The number of benzene rings is 2. The van der Waals surface area contributed by atoms with Crippen molar-refractivity contribution < 1.29 is 13.9 Å². The van der Waals surface area contributed by atoms with E-state index in [2.05, 4.69) is 5.32 Å². The predicted octanol–water partition coefficient (Wildman–Crippen LogP) is 3.11. The van der Waals surface area contributed by atoms with Gasteiger partial charge in [0.1, 0.15) is 11.6 Å². The number of hydrogen-bond acceptors (Lipinski definition) is 2. The van der Waals surface area contributed by atoms with Crippen LogP contribution in [0.15, 0.2) is 48.5 Å². The van der Waals surface area contributed by atoms with Gasteiger partial charge in [0, 0.05) is 5.69 Å². The third kappa shape index (κ3) is 3.05. The van der Waals surface area contributed by atoms with Crippen LogP contribution in [0.1, 0.15) is 11.6 Å². The van der Waals surface area contributed by atoms with Crippen LogP contribution in [0.25, 0.3) is 0 Å². The molecule has 2 aromatic carbocycles. The summed E-state index contributed by atoms with van der Waals surface area (Å²) in [6.45, 7) is -0.208. The first kappa shape index (κ1) is 12.5. The number of nitrogens with one attached hydrogen (secondary N) is 1. The SMILES string of the molecule is OCC(Nc1cccc(F)c1)c1cccc(F)c1. The molecule has 2 N–H and O–H groups in total. The van der Waals surface area contributed by atoms with E-state index in [4.69, 9.17) is 0 Å². The number of aliphatic hydroxyl groups excluding tert-OH is 1. The van der Waals surface area contributed by atoms with E-state index in [-0.39, 0.29) is 18.2 Å². The summed E-state index contributed by atoms with van der Waals surface area (Å²) in [7, 11) is 0. The van der Waals surface area contributed by atoms with Crippen molar-refractivity contribution in [1.82, 2.24) is 0 Å². The molecule has 0 saturated heterocycles. The molecule has 1 unspecified atom stereocenters. The van der Waals surface area contributed by atoms with Crippen LogP contribution >= 0.6 is 0 Å². The van der Waals surface area contributed by atoms with Gasteiger partial charge < -0.3 is 10.4 Å². The molecule has 2 nitrogen and oxygen atoms in total. The minimum absolute atomic E-state index is 0.208. The lowest BCUT2D eigenvalue weighted by Gasteiger charge is -2.18. The molecule has 18 heavy (non-hydrogen) atoms. The minimum atomic E-state index is -0.470. The van der Waals surface area contributed by atoms with Crippen LogP contribution in [0.2, 0.25) is 0 Å². The Morgan fingerprint density at radius 3 is 2.28 bits per heavy atom. The van der Waals surface area contributed by atoms with Crippen molar-refractivity contribution in [2.45, 2.75) is 6.04 Å². The average Bonchev–Trinajstić information content (AvgIpc) is 2.36. The molecule has 0 aliphatic carbocycles. The van der Waals surface area contributed by atoms with Gasteiger partial charge in [-0.05, 0) is 35.9 Å². The van der Waals surface area contributed by atoms with Crippen molar-refractivity contribution in [3.63, 3.8) is 0 Å². The highest BCUT2D eigenvalue weighted by atomic mass is 19.1. The zero-order chi connectivity index (χ0) is 13.0. The number of aliphatic hydroxyl groups is 1. The Kier molecular flexibility index (Phi) is 3.89. The van der Waals surface area contributed by atoms with E-state index >= 15 is 0 Å². The fourth-order valence-electron chi connectivity index (χ4n) is 1.74. The zero-order valence-electron chi connectivity index (χ0n) is 9.61. The first-order valence-corrected chi connectivity index (χ1v) is 5.57. The van der Waals surface area contributed by atoms with Crippen molar-refractivity contribution >= 4 is 5.69 Å². The van der Waals surface area contributed by atoms with Gasteiger partial charge >= 0.3 is 0 Å². The van der Waals surface area contributed by atoms with Gasteiger partial charge in [-0.25, -0.2) is 8.78 Å². The van der Waals surface area contributed by atoms with E-state index in [0.29, 0.717) is 11.3 Å². The molecule has 0 radical (unpaired) electrons. The van der Waals surface area contributed by atoms with Gasteiger partial charge in [-0.3, -0.25) is 0 Å². The fraction of sp³-hybridized carbons (Fsp3) is 0.143. The average molecular weight is 249 g/mol. The molecule has 0 aliphatic rings. The van der Waals surface area contributed by atoms with Crippen LogP contribution in [0.4, 0.5) is 14.5 Å². The molecule has 0 aliphatic heterocycles. The van der Waals surface area contributed by atoms with E-state index < -0.39 is 6.04 Å². The van der Waals surface area contributed by atoms with Crippen LogP contribution in [-0.2, 0) is 0 Å². The van der Waals surface area contributed by atoms with Gasteiger partial charge in [0.05, 0.1) is 12.6 Å². The number of halogens is 2. The van der Waals surface area contributed by atoms with Crippen LogP contribution < -0.4 is 5.32 Å². The lowest BCUT2D eigenvalue weighted by atomic mass is 10.1. The second-order valence-electron chi connectivity index (χ2n) is 3.94. The Labute approximate surface area is 104 Å². The maximum absolute atomic E-state index is 13.1. The molecule has 2 rings (SSSR count). The monoisotopic (exact) mass is 249 g/mol. The first-order valence-electron chi connectivity index (χ1n) is 5.57. The molecule has 0 heterocycles. The highest BCUT2D eigenvalue weighted by Gasteiger charge is 2.11. The predicted molar refractivity (Wildman–Crippen MR) is 66.2 cm³/mol. The third-order valence-electron chi connectivity index (χ3n) is 2.60. The molecule has 0 amide bonds. The van der Waals surface area contributed by atoms with Crippen molar-refractivity contribution in [3.8, 4) is 0 Å². The third-order valence-corrected chi connectivity index (χ3v) is 2.60. The standard InChI is InChI=1S/C14H13F2NO/c15-11-4-1-3-10(7-11)14(9-18)17-13-6-2-5-12(16)8-13/h1-8,14,17-18H,9H2. The highest BCUT2D eigenvalue weighted by molar-refractivity contribution is 5.45. The van der Waals surface area contributed by atoms with E-state index in [1.165, 1.54) is 24.3 Å². The molecule has 1 atom stereocenters. The van der Waals surface area contributed by atoms with Crippen LogP contribution in [0.3, 0.4) is 0 Å². The number of hydrogen-bond donors (Lipinski definition) is 2. The second-order valence-corrected chi connectivity index (χ2v) is 3.94. The molecule has 0 bridgehead atoms. The number of anilines is 1. The van der Waals surface area contributed by atoms with Crippen molar-refractivity contribution in [1.29, 1.82) is 0 Å². The minimum Gasteiger partial charge on any atom is -0.394 e. The van der Waals surface area contributed by atoms with Crippen molar-refractivity contribution in [2.75, 3.05) is 11.9 Å². The highest BCUT2D eigenvalue weighted by Crippen LogP contribution is 2.20. The summed E-state index contributed by atoms with van der Waals surface area (Å²) in [6.07, 6.45) is 0. The van der Waals surface area contributed by atoms with Gasteiger partial charge in [-0.15, -0.1) is 0 Å². The summed E-state index contributed by atoms with van der Waals surface area (Å²) in [5.41, 5.74) is 1.15. The van der Waals surface area contributed by atoms with Gasteiger partial charge in [0.15, 0.2) is 0 Å². The van der Waals surface area contributed by atoms with Crippen LogP contribution in [0.5, 0.6) is 0 Å². The van der Waals surface area contributed by atoms with E-state index in [1.54, 1.807) is 24.3 Å². The van der Waals surface area contributed by atoms with Gasteiger partial charge in [-0.1, -0.05) is 18.2 Å². The molecule has 94 valence electrons. The Morgan fingerprint density at radius 1 is 1.00 bits per heavy atom. The van der Waals surface area contributed by atoms with E-state index in [9.17, 15) is 13.9 Å². The lowest BCUT2D eigenvalue weighted by Crippen LogP contribution is -2.15. The van der Waals surface area contributed by atoms with E-state index in [0.717, 1.165) is 0 Å². The Morgan fingerprint density at radius 2 is 1.67 bits per heavy atom. The second kappa shape index (κ2) is 5.60. The fourth-order valence-corrected chi connectivity index (χ4v) is 1.74. The molecular formula is C14H13F2NO. The van der Waals surface area contributed by atoms with Crippen LogP contribution in [0, 0.1) is 11.6 Å². The van der Waals surface area contributed by atoms with Crippen molar-refractivity contribution in [3.05, 3.63) is 65.7 Å². The topological polar surface area (TPSA) is 32.3 Å². The molecule has 2 aromatic rings. The van der Waals surface area contributed by atoms with Crippen LogP contribution in [-0.4, -0.2) is 11.7 Å². The maximum atomic E-state index is 13.1. The Bertz CT molecular complexity index is 531. The summed E-state index contributed by atoms with van der Waals surface area (Å²) < 4.78 is 26.1. The molecule has 4 heteroatoms. The number of rotatable bonds is 4. The quantitative estimate of drug-likeness (QED) is 0.872. The summed E-state index contributed by atoms with van der Waals surface area (Å²) in [5, 5.41) is 12.3. The van der Waals surface area contributed by atoms with Gasteiger partial charge in [0.2, 0.25) is 0 Å². The maximum Gasteiger partial charge on any atom is 0.125 e. The Balaban J connectivity index is 2.19. The molecule has 0 aromatic heterocycles. The largest absolute Gasteiger partial charge is 0.394 e. The van der Waals surface area contributed by atoms with Gasteiger partial charge in [0.25, 0.3) is 0 Å². The molecule has 0 fully saturated rings. The molecule has 0 saturated carbocycles. The Hall–Kier alpha value is -1.94. The lowest BCUT2D eigenvalue weighted by molar-refractivity contribution is 0.276. The summed E-state index contributed by atoms with van der Waals surface area (Å²) in [6, 6.07) is 11.4. The normalized spacial score (nSPS) is 12.2. The smallest absolute Gasteiger partial charge is 0.125 e. The summed E-state index contributed by atoms with van der Waals surface area (Å²) >= 11 is 0. The summed E-state index contributed by atoms with van der Waals surface area (Å²) in [4.78, 5) is 0. The molecular weight excluding hydrogens is 236 g/mol. The first-order chi connectivity index (χ1) is 8.69. The zero-order valence-corrected chi connectivity index (χ0v) is 9.61. The molecule has 0 spiro atoms.